The molecule has 3 heterocycles. The molecular formula is C22H24N6O2. The molecule has 0 radical (unpaired) electrons. The molecule has 3 N–H and O–H groups in total. The minimum Gasteiger partial charge on any atom is -0.382 e. The number of nitrogens with zero attached hydrogens (tertiary/aromatic N) is 4. The molecule has 8 nitrogen and oxygen atoms in total. The molecule has 4 rings (SSSR count). The fraction of sp³-hybridized carbons (Fsp3) is 0.273. The van der Waals surface area contributed by atoms with Crippen molar-refractivity contribution in [3.8, 4) is 11.3 Å². The summed E-state index contributed by atoms with van der Waals surface area (Å²) in [7, 11) is 0. The number of hydrogen-bond acceptors (Lipinski definition) is 7. The lowest BCUT2D eigenvalue weighted by Gasteiger charge is -2.30. The predicted molar refractivity (Wildman–Crippen MR) is 116 cm³/mol. The molecule has 0 saturated carbocycles. The summed E-state index contributed by atoms with van der Waals surface area (Å²) >= 11 is 0. The third-order valence-corrected chi connectivity index (χ3v) is 5.07. The quantitative estimate of drug-likeness (QED) is 0.673. The smallest absolute Gasteiger partial charge is 0.278 e. The van der Waals surface area contributed by atoms with Crippen molar-refractivity contribution in [3.63, 3.8) is 0 Å². The highest BCUT2D eigenvalue weighted by Gasteiger charge is 2.19. The van der Waals surface area contributed by atoms with Crippen LogP contribution >= 0.6 is 0 Å². The Morgan fingerprint density at radius 1 is 1.17 bits per heavy atom. The van der Waals surface area contributed by atoms with Gasteiger partial charge in [-0.05, 0) is 18.1 Å². The van der Waals surface area contributed by atoms with Crippen molar-refractivity contribution >= 4 is 23.1 Å². The van der Waals surface area contributed by atoms with E-state index in [-0.39, 0.29) is 11.5 Å². The Labute approximate surface area is 175 Å². The maximum absolute atomic E-state index is 13.0. The van der Waals surface area contributed by atoms with Gasteiger partial charge in [0, 0.05) is 24.8 Å². The molecule has 0 aliphatic carbocycles. The van der Waals surface area contributed by atoms with Crippen molar-refractivity contribution < 1.29 is 9.53 Å². The number of nitrogen functional groups attached to an aromatic ring is 1. The lowest BCUT2D eigenvalue weighted by atomic mass is 10.1. The fourth-order valence-electron chi connectivity index (χ4n) is 3.36. The second-order valence-electron chi connectivity index (χ2n) is 6.99. The molecule has 1 saturated heterocycles. The van der Waals surface area contributed by atoms with Gasteiger partial charge in [-0.1, -0.05) is 31.2 Å². The summed E-state index contributed by atoms with van der Waals surface area (Å²) in [6, 6.07) is 9.90. The third kappa shape index (κ3) is 4.23. The largest absolute Gasteiger partial charge is 0.382 e. The van der Waals surface area contributed by atoms with Gasteiger partial charge in [-0.15, -0.1) is 0 Å². The van der Waals surface area contributed by atoms with Crippen LogP contribution in [0.2, 0.25) is 0 Å². The number of anilines is 3. The molecule has 2 aromatic heterocycles. The number of aryl methyl sites for hydroxylation is 1. The molecule has 3 aromatic rings. The molecule has 1 aliphatic heterocycles. The van der Waals surface area contributed by atoms with E-state index in [0.29, 0.717) is 24.6 Å². The molecular weight excluding hydrogens is 380 g/mol. The van der Waals surface area contributed by atoms with E-state index in [4.69, 9.17) is 10.5 Å². The normalized spacial score (nSPS) is 13.8. The number of aromatic nitrogens is 3. The van der Waals surface area contributed by atoms with Crippen LogP contribution in [0.1, 0.15) is 23.0 Å². The number of nitrogens with one attached hydrogen (secondary N) is 1. The maximum atomic E-state index is 13.0. The van der Waals surface area contributed by atoms with Crippen molar-refractivity contribution in [1.29, 1.82) is 0 Å². The second kappa shape index (κ2) is 8.87. The number of rotatable bonds is 5. The van der Waals surface area contributed by atoms with Crippen molar-refractivity contribution in [2.75, 3.05) is 42.3 Å². The van der Waals surface area contributed by atoms with E-state index < -0.39 is 5.91 Å². The summed E-state index contributed by atoms with van der Waals surface area (Å²) in [4.78, 5) is 28.0. The van der Waals surface area contributed by atoms with Crippen LogP contribution in [0.5, 0.6) is 0 Å². The number of amides is 1. The number of ether oxygens (including phenoxy) is 1. The third-order valence-electron chi connectivity index (χ3n) is 5.07. The van der Waals surface area contributed by atoms with E-state index in [1.807, 2.05) is 30.3 Å². The van der Waals surface area contributed by atoms with Gasteiger partial charge in [0.15, 0.2) is 11.5 Å². The van der Waals surface area contributed by atoms with Crippen LogP contribution in [0.25, 0.3) is 11.3 Å². The molecule has 0 spiro atoms. The van der Waals surface area contributed by atoms with E-state index in [1.165, 1.54) is 5.56 Å². The molecule has 0 atom stereocenters. The van der Waals surface area contributed by atoms with Gasteiger partial charge in [-0.2, -0.15) is 0 Å². The molecule has 154 valence electrons. The SMILES string of the molecule is CCc1ccc(-c2cnc(N)c(C(=O)Nc3cnccc3N3CCOCC3)n2)cc1. The lowest BCUT2D eigenvalue weighted by Crippen LogP contribution is -2.36. The summed E-state index contributed by atoms with van der Waals surface area (Å²) in [5, 5.41) is 2.90. The van der Waals surface area contributed by atoms with Crippen LogP contribution in [-0.2, 0) is 11.2 Å². The molecule has 8 heteroatoms. The highest BCUT2D eigenvalue weighted by Crippen LogP contribution is 2.26. The van der Waals surface area contributed by atoms with Crippen LogP contribution in [0.3, 0.4) is 0 Å². The van der Waals surface area contributed by atoms with Crippen LogP contribution < -0.4 is 16.0 Å². The van der Waals surface area contributed by atoms with Gasteiger partial charge >= 0.3 is 0 Å². The van der Waals surface area contributed by atoms with Gasteiger partial charge < -0.3 is 20.7 Å². The van der Waals surface area contributed by atoms with E-state index in [0.717, 1.165) is 30.8 Å². The number of pyridine rings is 1. The van der Waals surface area contributed by atoms with Gasteiger partial charge in [0.25, 0.3) is 5.91 Å². The summed E-state index contributed by atoms with van der Waals surface area (Å²) in [6.45, 7) is 4.89. The Morgan fingerprint density at radius 2 is 1.93 bits per heavy atom. The zero-order valence-electron chi connectivity index (χ0n) is 16.8. The summed E-state index contributed by atoms with van der Waals surface area (Å²) in [6.07, 6.45) is 5.86. The monoisotopic (exact) mass is 404 g/mol. The van der Waals surface area contributed by atoms with Crippen LogP contribution in [0.4, 0.5) is 17.2 Å². The Morgan fingerprint density at radius 3 is 2.67 bits per heavy atom. The van der Waals surface area contributed by atoms with Gasteiger partial charge in [-0.25, -0.2) is 9.97 Å². The zero-order chi connectivity index (χ0) is 20.9. The number of hydrogen-bond donors (Lipinski definition) is 2. The van der Waals surface area contributed by atoms with Gasteiger partial charge in [0.1, 0.15) is 0 Å². The molecule has 1 amide bonds. The molecule has 1 aromatic carbocycles. The highest BCUT2D eigenvalue weighted by atomic mass is 16.5. The zero-order valence-corrected chi connectivity index (χ0v) is 16.8. The average molecular weight is 404 g/mol. The molecule has 30 heavy (non-hydrogen) atoms. The van der Waals surface area contributed by atoms with Crippen LogP contribution in [0, 0.1) is 0 Å². The Balaban J connectivity index is 1.59. The van der Waals surface area contributed by atoms with E-state index >= 15 is 0 Å². The lowest BCUT2D eigenvalue weighted by molar-refractivity contribution is 0.102. The Kier molecular flexibility index (Phi) is 5.85. The molecule has 1 aliphatic rings. The van der Waals surface area contributed by atoms with E-state index in [9.17, 15) is 4.79 Å². The van der Waals surface area contributed by atoms with Crippen molar-refractivity contribution in [1.82, 2.24) is 15.0 Å². The summed E-state index contributed by atoms with van der Waals surface area (Å²) in [5.74, 6) is -0.340. The molecule has 1 fully saturated rings. The topological polar surface area (TPSA) is 106 Å². The Hall–Kier alpha value is -3.52. The standard InChI is InChI=1S/C22H24N6O2/c1-2-15-3-5-16(6-4-15)17-14-25-21(23)20(26-17)22(29)27-18-13-24-8-7-19(18)28-9-11-30-12-10-28/h3-8,13-14H,2,9-12H2,1H3,(H2,23,25)(H,27,29). The van der Waals surface area contributed by atoms with Gasteiger partial charge in [0.05, 0.1) is 42.7 Å². The summed E-state index contributed by atoms with van der Waals surface area (Å²) in [5.41, 5.74) is 10.2. The Bertz CT molecular complexity index is 1030. The van der Waals surface area contributed by atoms with Crippen molar-refractivity contribution in [3.05, 3.63) is 60.2 Å². The molecule has 0 bridgehead atoms. The first-order valence-corrected chi connectivity index (χ1v) is 9.95. The number of morpholine rings is 1. The molecule has 0 unspecified atom stereocenters. The van der Waals surface area contributed by atoms with Crippen molar-refractivity contribution in [2.24, 2.45) is 0 Å². The minimum atomic E-state index is -0.422. The first-order chi connectivity index (χ1) is 14.7. The summed E-state index contributed by atoms with van der Waals surface area (Å²) < 4.78 is 5.42. The predicted octanol–water partition coefficient (Wildman–Crippen LogP) is 2.77. The van der Waals surface area contributed by atoms with Gasteiger partial charge in [0.2, 0.25) is 0 Å². The van der Waals surface area contributed by atoms with E-state index in [2.05, 4.69) is 32.1 Å². The fourth-order valence-corrected chi connectivity index (χ4v) is 3.36. The number of carbonyl (C=O) groups excluding carboxylic acids is 1. The van der Waals surface area contributed by atoms with Crippen molar-refractivity contribution in [2.45, 2.75) is 13.3 Å². The van der Waals surface area contributed by atoms with Crippen LogP contribution in [0.15, 0.2) is 48.9 Å². The first kappa shape index (κ1) is 19.8. The van der Waals surface area contributed by atoms with E-state index in [1.54, 1.807) is 18.6 Å². The maximum Gasteiger partial charge on any atom is 0.278 e. The number of nitrogens with two attached hydrogens (primary N) is 1. The van der Waals surface area contributed by atoms with Crippen LogP contribution in [-0.4, -0.2) is 47.2 Å². The minimum absolute atomic E-state index is 0.0817. The average Bonchev–Trinajstić information content (AvgIpc) is 2.80. The number of benzene rings is 1. The van der Waals surface area contributed by atoms with Gasteiger partial charge in [-0.3, -0.25) is 9.78 Å². The highest BCUT2D eigenvalue weighted by molar-refractivity contribution is 6.07. The number of carbonyl (C=O) groups is 1. The first-order valence-electron chi connectivity index (χ1n) is 9.95. The second-order valence-corrected chi connectivity index (χ2v) is 6.99.